The molecule has 0 aliphatic rings. The monoisotopic (exact) mass is 267 g/mol. The number of halogens is 1. The first-order valence-electron chi connectivity index (χ1n) is 5.20. The number of rotatable bonds is 3. The highest BCUT2D eigenvalue weighted by Gasteiger charge is 2.18. The summed E-state index contributed by atoms with van der Waals surface area (Å²) in [6.07, 6.45) is 2.85. The zero-order valence-electron chi connectivity index (χ0n) is 9.79. The largest absolute Gasteiger partial charge is 0.461 e. The molecule has 2 aromatic rings. The van der Waals surface area contributed by atoms with Gasteiger partial charge in [-0.05, 0) is 13.8 Å². The molecule has 2 rings (SSSR count). The van der Waals surface area contributed by atoms with Crippen molar-refractivity contribution in [2.75, 3.05) is 6.61 Å². The quantitative estimate of drug-likeness (QED) is 0.777. The number of carbonyl (C=O) groups is 1. The predicted octanol–water partition coefficient (Wildman–Crippen LogP) is 1.20. The van der Waals surface area contributed by atoms with Crippen LogP contribution in [-0.4, -0.2) is 37.5 Å². The van der Waals surface area contributed by atoms with Gasteiger partial charge in [0.25, 0.3) is 5.95 Å². The molecule has 94 valence electrons. The van der Waals surface area contributed by atoms with Gasteiger partial charge in [-0.15, -0.1) is 15.0 Å². The lowest BCUT2D eigenvalue weighted by Gasteiger charge is -1.97. The van der Waals surface area contributed by atoms with Crippen LogP contribution in [0.25, 0.3) is 5.95 Å². The van der Waals surface area contributed by atoms with Crippen molar-refractivity contribution in [3.63, 3.8) is 0 Å². The minimum absolute atomic E-state index is 0.149. The van der Waals surface area contributed by atoms with Gasteiger partial charge in [-0.2, -0.15) is 0 Å². The van der Waals surface area contributed by atoms with E-state index in [2.05, 4.69) is 20.2 Å². The SMILES string of the molecule is CCOC(=O)c1nn(-c2ncc(Cl)cn2)nc1C. The molecule has 2 aromatic heterocycles. The summed E-state index contributed by atoms with van der Waals surface area (Å²) < 4.78 is 4.86. The molecule has 0 aliphatic heterocycles. The van der Waals surface area contributed by atoms with Crippen LogP contribution < -0.4 is 0 Å². The molecule has 0 saturated heterocycles. The van der Waals surface area contributed by atoms with E-state index in [9.17, 15) is 4.79 Å². The second kappa shape index (κ2) is 5.09. The fraction of sp³-hybridized carbons (Fsp3) is 0.300. The van der Waals surface area contributed by atoms with Crippen LogP contribution in [0.2, 0.25) is 5.02 Å². The van der Waals surface area contributed by atoms with Gasteiger partial charge in [-0.3, -0.25) is 0 Å². The third kappa shape index (κ3) is 2.45. The fourth-order valence-corrected chi connectivity index (χ4v) is 1.36. The van der Waals surface area contributed by atoms with Crippen molar-refractivity contribution in [3.8, 4) is 5.95 Å². The van der Waals surface area contributed by atoms with E-state index in [1.54, 1.807) is 13.8 Å². The number of aromatic nitrogens is 5. The van der Waals surface area contributed by atoms with Crippen LogP contribution in [0.1, 0.15) is 23.1 Å². The summed E-state index contributed by atoms with van der Waals surface area (Å²) in [5, 5.41) is 8.45. The molecule has 0 bridgehead atoms. The number of nitrogens with zero attached hydrogens (tertiary/aromatic N) is 5. The third-order valence-electron chi connectivity index (χ3n) is 2.04. The second-order valence-electron chi connectivity index (χ2n) is 3.35. The molecule has 7 nitrogen and oxygen atoms in total. The fourth-order valence-electron chi connectivity index (χ4n) is 1.27. The summed E-state index contributed by atoms with van der Waals surface area (Å²) in [7, 11) is 0. The lowest BCUT2D eigenvalue weighted by molar-refractivity contribution is 0.0518. The van der Waals surface area contributed by atoms with E-state index in [0.29, 0.717) is 10.7 Å². The molecule has 0 fully saturated rings. The van der Waals surface area contributed by atoms with Crippen LogP contribution in [0.5, 0.6) is 0 Å². The van der Waals surface area contributed by atoms with Crippen molar-refractivity contribution in [1.82, 2.24) is 25.0 Å². The third-order valence-corrected chi connectivity index (χ3v) is 2.23. The maximum atomic E-state index is 11.6. The molecule has 18 heavy (non-hydrogen) atoms. The lowest BCUT2D eigenvalue weighted by atomic mass is 10.3. The van der Waals surface area contributed by atoms with Gasteiger partial charge in [-0.1, -0.05) is 11.6 Å². The van der Waals surface area contributed by atoms with E-state index in [-0.39, 0.29) is 18.2 Å². The van der Waals surface area contributed by atoms with E-state index in [4.69, 9.17) is 16.3 Å². The number of hydrogen-bond acceptors (Lipinski definition) is 6. The topological polar surface area (TPSA) is 82.8 Å². The Balaban J connectivity index is 2.34. The van der Waals surface area contributed by atoms with Crippen LogP contribution in [0.15, 0.2) is 12.4 Å². The highest BCUT2D eigenvalue weighted by Crippen LogP contribution is 2.08. The molecular formula is C10H10ClN5O2. The number of esters is 1. The Morgan fingerprint density at radius 2 is 2.06 bits per heavy atom. The van der Waals surface area contributed by atoms with Crippen molar-refractivity contribution >= 4 is 17.6 Å². The molecule has 0 saturated carbocycles. The van der Waals surface area contributed by atoms with Crippen molar-refractivity contribution in [2.45, 2.75) is 13.8 Å². The number of hydrogen-bond donors (Lipinski definition) is 0. The summed E-state index contributed by atoms with van der Waals surface area (Å²) in [4.78, 5) is 20.6. The van der Waals surface area contributed by atoms with Crippen LogP contribution in [0, 0.1) is 6.92 Å². The molecule has 0 aliphatic carbocycles. The van der Waals surface area contributed by atoms with Crippen molar-refractivity contribution in [3.05, 3.63) is 28.8 Å². The Bertz CT molecular complexity index is 566. The second-order valence-corrected chi connectivity index (χ2v) is 3.78. The van der Waals surface area contributed by atoms with Crippen LogP contribution >= 0.6 is 11.6 Å². The number of ether oxygens (including phenoxy) is 1. The maximum absolute atomic E-state index is 11.6. The predicted molar refractivity (Wildman–Crippen MR) is 62.7 cm³/mol. The molecule has 8 heteroatoms. The summed E-state index contributed by atoms with van der Waals surface area (Å²) in [5.41, 5.74) is 0.599. The Kier molecular flexibility index (Phi) is 3.52. The summed E-state index contributed by atoms with van der Waals surface area (Å²) in [6, 6.07) is 0. The Morgan fingerprint density at radius 1 is 1.39 bits per heavy atom. The van der Waals surface area contributed by atoms with Gasteiger partial charge < -0.3 is 4.74 Å². The molecule has 2 heterocycles. The van der Waals surface area contributed by atoms with Gasteiger partial charge >= 0.3 is 5.97 Å². The van der Waals surface area contributed by atoms with E-state index >= 15 is 0 Å². The highest BCUT2D eigenvalue weighted by molar-refractivity contribution is 6.30. The molecule has 0 unspecified atom stereocenters. The standard InChI is InChI=1S/C10H10ClN5O2/c1-3-18-9(17)8-6(2)14-16(15-8)10-12-4-7(11)5-13-10/h4-5H,3H2,1-2H3. The number of aryl methyl sites for hydroxylation is 1. The highest BCUT2D eigenvalue weighted by atomic mass is 35.5. The first-order chi connectivity index (χ1) is 8.61. The van der Waals surface area contributed by atoms with Gasteiger partial charge in [0, 0.05) is 0 Å². The molecule has 0 amide bonds. The van der Waals surface area contributed by atoms with Crippen molar-refractivity contribution in [1.29, 1.82) is 0 Å². The minimum Gasteiger partial charge on any atom is -0.461 e. The van der Waals surface area contributed by atoms with E-state index in [1.165, 1.54) is 12.4 Å². The molecule has 0 aromatic carbocycles. The van der Waals surface area contributed by atoms with Crippen molar-refractivity contribution in [2.24, 2.45) is 0 Å². The minimum atomic E-state index is -0.518. The first-order valence-corrected chi connectivity index (χ1v) is 5.58. The normalized spacial score (nSPS) is 10.4. The average molecular weight is 268 g/mol. The van der Waals surface area contributed by atoms with Gasteiger partial charge in [0.15, 0.2) is 5.69 Å². The van der Waals surface area contributed by atoms with Gasteiger partial charge in [0.05, 0.1) is 29.7 Å². The zero-order valence-corrected chi connectivity index (χ0v) is 10.5. The molecule has 0 radical (unpaired) electrons. The van der Waals surface area contributed by atoms with Crippen LogP contribution in [0.4, 0.5) is 0 Å². The van der Waals surface area contributed by atoms with Crippen LogP contribution in [0.3, 0.4) is 0 Å². The van der Waals surface area contributed by atoms with Crippen molar-refractivity contribution < 1.29 is 9.53 Å². The summed E-state index contributed by atoms with van der Waals surface area (Å²) >= 11 is 5.68. The summed E-state index contributed by atoms with van der Waals surface area (Å²) in [6.45, 7) is 3.66. The molecule has 0 atom stereocenters. The number of carbonyl (C=O) groups excluding carboxylic acids is 1. The summed E-state index contributed by atoms with van der Waals surface area (Å²) in [5.74, 6) is -0.284. The maximum Gasteiger partial charge on any atom is 0.360 e. The van der Waals surface area contributed by atoms with Gasteiger partial charge in [0.2, 0.25) is 0 Å². The average Bonchev–Trinajstić information content (AvgIpc) is 2.72. The van der Waals surface area contributed by atoms with Crippen LogP contribution in [-0.2, 0) is 4.74 Å². The lowest BCUT2D eigenvalue weighted by Crippen LogP contribution is -2.08. The molecule has 0 spiro atoms. The first kappa shape index (κ1) is 12.4. The molecule has 0 N–H and O–H groups in total. The molecular weight excluding hydrogens is 258 g/mol. The van der Waals surface area contributed by atoms with Gasteiger partial charge in [0.1, 0.15) is 0 Å². The Labute approximate surface area is 108 Å². The van der Waals surface area contributed by atoms with E-state index < -0.39 is 5.97 Å². The van der Waals surface area contributed by atoms with Gasteiger partial charge in [-0.25, -0.2) is 14.8 Å². The van der Waals surface area contributed by atoms with E-state index in [0.717, 1.165) is 4.80 Å². The Hall–Kier alpha value is -2.02. The van der Waals surface area contributed by atoms with E-state index in [1.807, 2.05) is 0 Å². The Morgan fingerprint density at radius 3 is 2.67 bits per heavy atom. The smallest absolute Gasteiger partial charge is 0.360 e. The zero-order chi connectivity index (χ0) is 13.1.